The van der Waals surface area contributed by atoms with Gasteiger partial charge in [-0.3, -0.25) is 0 Å². The molecule has 2 aromatic carbocycles. The van der Waals surface area contributed by atoms with E-state index >= 15 is 0 Å². The van der Waals surface area contributed by atoms with Crippen LogP contribution >= 0.6 is 0 Å². The first kappa shape index (κ1) is 15.2. The minimum absolute atomic E-state index is 0.147. The lowest BCUT2D eigenvalue weighted by molar-refractivity contribution is 0.171. The van der Waals surface area contributed by atoms with Crippen LogP contribution in [-0.2, 0) is 6.42 Å². The molecule has 0 atom stereocenters. The largest absolute Gasteiger partial charge is 0.486 e. The Kier molecular flexibility index (Phi) is 3.79. The smallest absolute Gasteiger partial charge is 0.209 e. The summed E-state index contributed by atoms with van der Waals surface area (Å²) in [7, 11) is 0. The first-order valence-electron chi connectivity index (χ1n) is 8.01. The second kappa shape index (κ2) is 6.25. The van der Waals surface area contributed by atoms with Crippen molar-refractivity contribution < 1.29 is 13.9 Å². The number of rotatable bonds is 3. The van der Waals surface area contributed by atoms with Gasteiger partial charge >= 0.3 is 0 Å². The second-order valence-electron chi connectivity index (χ2n) is 5.78. The van der Waals surface area contributed by atoms with Crippen LogP contribution in [0.2, 0.25) is 0 Å². The lowest BCUT2D eigenvalue weighted by Crippen LogP contribution is -2.15. The molecular weight excluding hydrogens is 316 g/mol. The summed E-state index contributed by atoms with van der Waals surface area (Å²) in [6, 6.07) is 17.6. The molecule has 4 rings (SSSR count). The molecule has 5 nitrogen and oxygen atoms in total. The summed E-state index contributed by atoms with van der Waals surface area (Å²) in [6.07, 6.45) is 0.518. The van der Waals surface area contributed by atoms with Gasteiger partial charge in [0.1, 0.15) is 30.6 Å². The molecule has 0 saturated heterocycles. The van der Waals surface area contributed by atoms with E-state index in [-0.39, 0.29) is 5.88 Å². The average molecular weight is 332 g/mol. The summed E-state index contributed by atoms with van der Waals surface area (Å²) in [5.74, 6) is 2.24. The second-order valence-corrected chi connectivity index (χ2v) is 5.78. The van der Waals surface area contributed by atoms with Crippen molar-refractivity contribution in [2.24, 2.45) is 0 Å². The Morgan fingerprint density at radius 3 is 2.52 bits per heavy atom. The van der Waals surface area contributed by atoms with Gasteiger partial charge in [-0.25, -0.2) is 0 Å². The number of furan rings is 1. The number of fused-ring (bicyclic) bond motifs is 1. The average Bonchev–Trinajstić information content (AvgIpc) is 2.97. The maximum absolute atomic E-state index is 9.49. The van der Waals surface area contributed by atoms with Crippen molar-refractivity contribution in [3.8, 4) is 28.9 Å². The Morgan fingerprint density at radius 2 is 1.76 bits per heavy atom. The Labute approximate surface area is 145 Å². The Bertz CT molecular complexity index is 955. The molecule has 0 fully saturated rings. The van der Waals surface area contributed by atoms with Crippen LogP contribution in [0.25, 0.3) is 11.3 Å². The van der Waals surface area contributed by atoms with E-state index in [0.29, 0.717) is 31.0 Å². The Balaban J connectivity index is 1.76. The molecule has 0 aliphatic carbocycles. The van der Waals surface area contributed by atoms with Crippen molar-refractivity contribution in [2.75, 3.05) is 18.9 Å². The highest BCUT2D eigenvalue weighted by atomic mass is 16.6. The normalized spacial score (nSPS) is 12.6. The van der Waals surface area contributed by atoms with Crippen LogP contribution in [0.1, 0.15) is 16.7 Å². The maximum Gasteiger partial charge on any atom is 0.209 e. The lowest BCUT2D eigenvalue weighted by atomic mass is 9.98. The van der Waals surface area contributed by atoms with Crippen LogP contribution in [0.4, 0.5) is 5.88 Å². The number of nitrogens with zero attached hydrogens (tertiary/aromatic N) is 1. The number of nitrogen functional groups attached to an aromatic ring is 1. The third kappa shape index (κ3) is 2.79. The summed E-state index contributed by atoms with van der Waals surface area (Å²) in [5.41, 5.74) is 8.97. The van der Waals surface area contributed by atoms with Crippen LogP contribution in [0.3, 0.4) is 0 Å². The van der Waals surface area contributed by atoms with Crippen molar-refractivity contribution in [3.05, 3.63) is 65.2 Å². The zero-order valence-corrected chi connectivity index (χ0v) is 13.5. The van der Waals surface area contributed by atoms with E-state index in [1.165, 1.54) is 0 Å². The molecule has 5 heteroatoms. The molecule has 1 aliphatic heterocycles. The zero-order chi connectivity index (χ0) is 17.2. The Morgan fingerprint density at radius 1 is 1.00 bits per heavy atom. The fourth-order valence-electron chi connectivity index (χ4n) is 3.00. The van der Waals surface area contributed by atoms with Crippen molar-refractivity contribution >= 4 is 5.88 Å². The summed E-state index contributed by atoms with van der Waals surface area (Å²) in [5, 5.41) is 9.49. The molecule has 0 unspecified atom stereocenters. The van der Waals surface area contributed by atoms with Gasteiger partial charge in [0.15, 0.2) is 11.5 Å². The highest BCUT2D eigenvalue weighted by molar-refractivity contribution is 5.70. The SMILES string of the molecule is N#Cc1c(N)oc(-c2ccccc2)c1Cc1ccc2c(c1)OCCO2. The molecule has 124 valence electrons. The number of anilines is 1. The molecular formula is C20H16N2O3. The van der Waals surface area contributed by atoms with E-state index in [1.54, 1.807) is 0 Å². The topological polar surface area (TPSA) is 81.4 Å². The van der Waals surface area contributed by atoms with Crippen LogP contribution in [0, 0.1) is 11.3 Å². The van der Waals surface area contributed by atoms with Gasteiger partial charge in [0.25, 0.3) is 0 Å². The molecule has 1 aliphatic rings. The predicted octanol–water partition coefficient (Wildman–Crippen LogP) is 3.76. The van der Waals surface area contributed by atoms with Crippen LogP contribution in [-0.4, -0.2) is 13.2 Å². The van der Waals surface area contributed by atoms with E-state index in [2.05, 4.69) is 6.07 Å². The summed E-state index contributed by atoms with van der Waals surface area (Å²) < 4.78 is 16.9. The fraction of sp³-hybridized carbons (Fsp3) is 0.150. The third-order valence-corrected chi connectivity index (χ3v) is 4.17. The predicted molar refractivity (Wildman–Crippen MR) is 93.5 cm³/mol. The molecule has 0 bridgehead atoms. The highest BCUT2D eigenvalue weighted by Gasteiger charge is 2.21. The molecule has 3 aromatic rings. The van der Waals surface area contributed by atoms with Gasteiger partial charge in [0, 0.05) is 17.5 Å². The molecule has 2 N–H and O–H groups in total. The Hall–Kier alpha value is -3.39. The van der Waals surface area contributed by atoms with E-state index in [1.807, 2.05) is 48.5 Å². The number of nitriles is 1. The minimum Gasteiger partial charge on any atom is -0.486 e. The molecule has 0 amide bonds. The van der Waals surface area contributed by atoms with Gasteiger partial charge in [0.2, 0.25) is 5.88 Å². The fourth-order valence-corrected chi connectivity index (χ4v) is 3.00. The van der Waals surface area contributed by atoms with Crippen molar-refractivity contribution in [3.63, 3.8) is 0 Å². The monoisotopic (exact) mass is 332 g/mol. The van der Waals surface area contributed by atoms with E-state index in [4.69, 9.17) is 19.6 Å². The lowest BCUT2D eigenvalue weighted by Gasteiger charge is -2.18. The quantitative estimate of drug-likeness (QED) is 0.789. The standard InChI is InChI=1S/C20H16N2O3/c21-12-16-15(19(25-20(16)22)14-4-2-1-3-5-14)10-13-6-7-17-18(11-13)24-9-8-23-17/h1-7,11H,8-10,22H2. The maximum atomic E-state index is 9.49. The molecule has 0 saturated carbocycles. The first-order chi connectivity index (χ1) is 12.3. The number of nitrogens with two attached hydrogens (primary N) is 1. The van der Waals surface area contributed by atoms with Gasteiger partial charge in [-0.15, -0.1) is 0 Å². The van der Waals surface area contributed by atoms with Gasteiger partial charge in [-0.2, -0.15) is 5.26 Å². The number of hydrogen-bond acceptors (Lipinski definition) is 5. The highest BCUT2D eigenvalue weighted by Crippen LogP contribution is 2.36. The van der Waals surface area contributed by atoms with E-state index in [0.717, 1.165) is 28.2 Å². The third-order valence-electron chi connectivity index (χ3n) is 4.17. The minimum atomic E-state index is 0.147. The van der Waals surface area contributed by atoms with Crippen LogP contribution in [0.15, 0.2) is 52.9 Å². The molecule has 2 heterocycles. The van der Waals surface area contributed by atoms with Gasteiger partial charge in [-0.05, 0) is 17.7 Å². The first-order valence-corrected chi connectivity index (χ1v) is 8.01. The summed E-state index contributed by atoms with van der Waals surface area (Å²) >= 11 is 0. The number of benzene rings is 2. The summed E-state index contributed by atoms with van der Waals surface area (Å²) in [4.78, 5) is 0. The van der Waals surface area contributed by atoms with E-state index < -0.39 is 0 Å². The van der Waals surface area contributed by atoms with Crippen molar-refractivity contribution in [1.29, 1.82) is 5.26 Å². The van der Waals surface area contributed by atoms with Gasteiger partial charge in [0.05, 0.1) is 0 Å². The zero-order valence-electron chi connectivity index (χ0n) is 13.5. The van der Waals surface area contributed by atoms with Crippen molar-refractivity contribution in [2.45, 2.75) is 6.42 Å². The van der Waals surface area contributed by atoms with Crippen LogP contribution in [0.5, 0.6) is 11.5 Å². The molecule has 25 heavy (non-hydrogen) atoms. The molecule has 0 spiro atoms. The van der Waals surface area contributed by atoms with Gasteiger partial charge < -0.3 is 19.6 Å². The van der Waals surface area contributed by atoms with Crippen LogP contribution < -0.4 is 15.2 Å². The molecule has 0 radical (unpaired) electrons. The summed E-state index contributed by atoms with van der Waals surface area (Å²) in [6.45, 7) is 1.09. The number of hydrogen-bond donors (Lipinski definition) is 1. The van der Waals surface area contributed by atoms with Crippen molar-refractivity contribution in [1.82, 2.24) is 0 Å². The van der Waals surface area contributed by atoms with Gasteiger partial charge in [-0.1, -0.05) is 36.4 Å². The number of ether oxygens (including phenoxy) is 2. The van der Waals surface area contributed by atoms with E-state index in [9.17, 15) is 5.26 Å². The molecule has 1 aromatic heterocycles.